The molecule has 1 aromatic heterocycles. The minimum atomic E-state index is -1.19. The maximum Gasteiger partial charge on any atom is 0.339 e. The first-order valence-electron chi connectivity index (χ1n) is 9.38. The van der Waals surface area contributed by atoms with Crippen LogP contribution in [0.1, 0.15) is 23.1 Å². The third-order valence-corrected chi connectivity index (χ3v) is 5.11. The molecule has 0 spiro atoms. The van der Waals surface area contributed by atoms with E-state index in [-0.39, 0.29) is 12.8 Å². The van der Waals surface area contributed by atoms with E-state index in [0.29, 0.717) is 23.5 Å². The van der Waals surface area contributed by atoms with Crippen LogP contribution in [0.5, 0.6) is 5.75 Å². The lowest BCUT2D eigenvalue weighted by Gasteiger charge is -2.11. The zero-order valence-electron chi connectivity index (χ0n) is 15.9. The van der Waals surface area contributed by atoms with Crippen molar-refractivity contribution >= 4 is 27.7 Å². The van der Waals surface area contributed by atoms with Gasteiger partial charge in [0, 0.05) is 23.0 Å². The molecule has 0 aliphatic heterocycles. The van der Waals surface area contributed by atoms with Crippen LogP contribution in [0.3, 0.4) is 0 Å². The number of carboxylic acids is 1. The molecule has 29 heavy (non-hydrogen) atoms. The van der Waals surface area contributed by atoms with Gasteiger partial charge in [0.1, 0.15) is 17.9 Å². The number of benzene rings is 3. The summed E-state index contributed by atoms with van der Waals surface area (Å²) in [5, 5.41) is 13.8. The fourth-order valence-corrected chi connectivity index (χ4v) is 3.56. The Morgan fingerprint density at radius 2 is 1.83 bits per heavy atom. The van der Waals surface area contributed by atoms with Gasteiger partial charge in [0.2, 0.25) is 0 Å². The summed E-state index contributed by atoms with van der Waals surface area (Å²) in [4.78, 5) is 23.0. The Labute approximate surface area is 167 Å². The van der Waals surface area contributed by atoms with Gasteiger partial charge in [-0.1, -0.05) is 42.5 Å². The van der Waals surface area contributed by atoms with Gasteiger partial charge in [-0.15, -0.1) is 0 Å². The molecule has 4 rings (SSSR count). The second kappa shape index (κ2) is 7.80. The van der Waals surface area contributed by atoms with Crippen LogP contribution in [0, 0.1) is 6.92 Å². The third-order valence-electron chi connectivity index (χ3n) is 5.11. The van der Waals surface area contributed by atoms with Crippen molar-refractivity contribution in [3.05, 3.63) is 87.8 Å². The van der Waals surface area contributed by atoms with E-state index < -0.39 is 11.6 Å². The number of ether oxygens (including phenoxy) is 1. The van der Waals surface area contributed by atoms with Crippen molar-refractivity contribution in [1.29, 1.82) is 0 Å². The van der Waals surface area contributed by atoms with E-state index >= 15 is 0 Å². The number of carbonyl (C=O) groups is 1. The predicted molar refractivity (Wildman–Crippen MR) is 109 cm³/mol. The summed E-state index contributed by atoms with van der Waals surface area (Å²) in [6, 6.07) is 19.5. The summed E-state index contributed by atoms with van der Waals surface area (Å²) < 4.78 is 11.4. The first-order valence-corrected chi connectivity index (χ1v) is 9.38. The molecule has 146 valence electrons. The highest BCUT2D eigenvalue weighted by Gasteiger charge is 2.12. The average Bonchev–Trinajstić information content (AvgIpc) is 2.71. The lowest BCUT2D eigenvalue weighted by molar-refractivity contribution is -0.305. The van der Waals surface area contributed by atoms with E-state index in [1.54, 1.807) is 13.0 Å². The number of aryl methyl sites for hydroxylation is 1. The summed E-state index contributed by atoms with van der Waals surface area (Å²) in [6.07, 6.45) is -0.130. The highest BCUT2D eigenvalue weighted by Crippen LogP contribution is 2.26. The van der Waals surface area contributed by atoms with Gasteiger partial charge in [0.25, 0.3) is 0 Å². The zero-order chi connectivity index (χ0) is 20.4. The molecule has 0 amide bonds. The van der Waals surface area contributed by atoms with Crippen molar-refractivity contribution in [3.63, 3.8) is 0 Å². The van der Waals surface area contributed by atoms with Gasteiger partial charge in [-0.3, -0.25) is 0 Å². The molecule has 0 bridgehead atoms. The number of carbonyl (C=O) groups excluding carboxylic acids is 1. The maximum atomic E-state index is 12.3. The predicted octanol–water partition coefficient (Wildman–Crippen LogP) is 3.52. The summed E-state index contributed by atoms with van der Waals surface area (Å²) in [7, 11) is 0. The molecule has 0 unspecified atom stereocenters. The van der Waals surface area contributed by atoms with Crippen molar-refractivity contribution in [3.8, 4) is 5.75 Å². The van der Waals surface area contributed by atoms with Crippen molar-refractivity contribution in [1.82, 2.24) is 0 Å². The van der Waals surface area contributed by atoms with E-state index in [9.17, 15) is 14.7 Å². The molecule has 4 aromatic rings. The standard InChI is InChI=1S/C24H20O5/c1-15-19-10-9-18(13-22(19)29-24(27)20(15)11-12-23(25)26)28-14-17-7-4-6-16-5-2-3-8-21(16)17/h2-10,13H,11-12,14H2,1H3,(H,25,26)/p-1. The summed E-state index contributed by atoms with van der Waals surface area (Å²) in [5.74, 6) is -0.600. The Morgan fingerprint density at radius 1 is 1.03 bits per heavy atom. The minimum absolute atomic E-state index is 0.0891. The lowest BCUT2D eigenvalue weighted by Crippen LogP contribution is -2.24. The molecule has 0 saturated heterocycles. The monoisotopic (exact) mass is 387 g/mol. The molecular weight excluding hydrogens is 368 g/mol. The van der Waals surface area contributed by atoms with Gasteiger partial charge in [-0.2, -0.15) is 0 Å². The molecular formula is C24H19O5-. The van der Waals surface area contributed by atoms with Crippen LogP contribution in [-0.2, 0) is 17.8 Å². The Bertz CT molecular complexity index is 1260. The largest absolute Gasteiger partial charge is 0.550 e. The van der Waals surface area contributed by atoms with Crippen LogP contribution in [0.15, 0.2) is 69.9 Å². The van der Waals surface area contributed by atoms with E-state index in [1.807, 2.05) is 36.4 Å². The van der Waals surface area contributed by atoms with Crippen molar-refractivity contribution in [2.75, 3.05) is 0 Å². The first-order chi connectivity index (χ1) is 14.0. The summed E-state index contributed by atoms with van der Waals surface area (Å²) >= 11 is 0. The van der Waals surface area contributed by atoms with E-state index in [1.165, 1.54) is 0 Å². The number of hydrogen-bond donors (Lipinski definition) is 0. The molecule has 0 atom stereocenters. The molecule has 0 N–H and O–H groups in total. The van der Waals surface area contributed by atoms with Gasteiger partial charge in [0.05, 0.1) is 0 Å². The van der Waals surface area contributed by atoms with Crippen LogP contribution in [-0.4, -0.2) is 5.97 Å². The zero-order valence-corrected chi connectivity index (χ0v) is 15.9. The van der Waals surface area contributed by atoms with Crippen LogP contribution in [0.2, 0.25) is 0 Å². The number of aliphatic carboxylic acids is 1. The van der Waals surface area contributed by atoms with Crippen molar-refractivity contribution in [2.45, 2.75) is 26.4 Å². The quantitative estimate of drug-likeness (QED) is 0.473. The Hall–Kier alpha value is -3.60. The van der Waals surface area contributed by atoms with E-state index in [2.05, 4.69) is 18.2 Å². The highest BCUT2D eigenvalue weighted by atomic mass is 16.5. The smallest absolute Gasteiger partial charge is 0.339 e. The summed E-state index contributed by atoms with van der Waals surface area (Å²) in [6.45, 7) is 2.18. The molecule has 0 saturated carbocycles. The lowest BCUT2D eigenvalue weighted by atomic mass is 10.0. The second-order valence-electron chi connectivity index (χ2n) is 6.95. The fourth-order valence-electron chi connectivity index (χ4n) is 3.56. The first kappa shape index (κ1) is 18.7. The van der Waals surface area contributed by atoms with Crippen molar-refractivity contribution in [2.24, 2.45) is 0 Å². The molecule has 3 aromatic carbocycles. The average molecular weight is 387 g/mol. The summed E-state index contributed by atoms with van der Waals surface area (Å²) in [5.41, 5.74) is 2.05. The van der Waals surface area contributed by atoms with Gasteiger partial charge in [0.15, 0.2) is 0 Å². The molecule has 0 aliphatic rings. The van der Waals surface area contributed by atoms with Gasteiger partial charge < -0.3 is 19.1 Å². The molecule has 5 nitrogen and oxygen atoms in total. The van der Waals surface area contributed by atoms with E-state index in [0.717, 1.165) is 27.3 Å². The van der Waals surface area contributed by atoms with E-state index in [4.69, 9.17) is 9.15 Å². The molecule has 1 heterocycles. The number of fused-ring (bicyclic) bond motifs is 2. The Balaban J connectivity index is 1.61. The Kier molecular flexibility index (Phi) is 5.04. The number of carboxylic acid groups (broad SMARTS) is 1. The number of rotatable bonds is 6. The fraction of sp³-hybridized carbons (Fsp3) is 0.167. The molecule has 0 fully saturated rings. The minimum Gasteiger partial charge on any atom is -0.550 e. The normalized spacial score (nSPS) is 11.1. The topological polar surface area (TPSA) is 79.6 Å². The highest BCUT2D eigenvalue weighted by molar-refractivity contribution is 5.85. The van der Waals surface area contributed by atoms with Crippen molar-refractivity contribution < 1.29 is 19.1 Å². The Morgan fingerprint density at radius 3 is 2.66 bits per heavy atom. The van der Waals surface area contributed by atoms with Gasteiger partial charge in [-0.25, -0.2) is 4.79 Å². The maximum absolute atomic E-state index is 12.3. The SMILES string of the molecule is Cc1c(CCC(=O)[O-])c(=O)oc2cc(OCc3cccc4ccccc34)ccc12. The van der Waals surface area contributed by atoms with Gasteiger partial charge in [-0.05, 0) is 53.8 Å². The van der Waals surface area contributed by atoms with Gasteiger partial charge >= 0.3 is 5.63 Å². The number of hydrogen-bond acceptors (Lipinski definition) is 5. The van der Waals surface area contributed by atoms with Crippen LogP contribution in [0.25, 0.3) is 21.7 Å². The van der Waals surface area contributed by atoms with Crippen LogP contribution in [0.4, 0.5) is 0 Å². The molecule has 0 aliphatic carbocycles. The molecule has 5 heteroatoms. The third kappa shape index (κ3) is 3.85. The van der Waals surface area contributed by atoms with Crippen LogP contribution >= 0.6 is 0 Å². The van der Waals surface area contributed by atoms with Crippen LogP contribution < -0.4 is 15.5 Å². The second-order valence-corrected chi connectivity index (χ2v) is 6.95. The molecule has 0 radical (unpaired) electrons.